The summed E-state index contributed by atoms with van der Waals surface area (Å²) in [5, 5.41) is 0. The van der Waals surface area contributed by atoms with Crippen molar-refractivity contribution in [1.29, 1.82) is 0 Å². The van der Waals surface area contributed by atoms with Gasteiger partial charge in [0, 0.05) is 19.0 Å². The number of carbonyl (C=O) groups is 1. The van der Waals surface area contributed by atoms with Gasteiger partial charge in [0.15, 0.2) is 0 Å². The van der Waals surface area contributed by atoms with Crippen LogP contribution in [0.3, 0.4) is 0 Å². The van der Waals surface area contributed by atoms with E-state index < -0.39 is 0 Å². The highest BCUT2D eigenvalue weighted by Crippen LogP contribution is 1.99. The van der Waals surface area contributed by atoms with Crippen LogP contribution in [0, 0.1) is 18.3 Å². The highest BCUT2D eigenvalue weighted by atomic mass is 16.2. The second-order valence-corrected chi connectivity index (χ2v) is 2.69. The molecular weight excluding hydrogens is 152 g/mol. The van der Waals surface area contributed by atoms with Gasteiger partial charge < -0.3 is 10.6 Å². The molecule has 0 saturated carbocycles. The van der Waals surface area contributed by atoms with Crippen molar-refractivity contribution >= 4 is 5.91 Å². The molecule has 3 nitrogen and oxygen atoms in total. The first-order valence-corrected chi connectivity index (χ1v) is 4.09. The fraction of sp³-hybridized carbons (Fsp3) is 0.667. The molecule has 0 aliphatic rings. The first-order chi connectivity index (χ1) is 5.67. The van der Waals surface area contributed by atoms with Gasteiger partial charge in [0.2, 0.25) is 5.91 Å². The van der Waals surface area contributed by atoms with Gasteiger partial charge >= 0.3 is 0 Å². The van der Waals surface area contributed by atoms with E-state index in [-0.39, 0.29) is 11.8 Å². The van der Waals surface area contributed by atoms with Gasteiger partial charge in [0.05, 0.1) is 6.54 Å². The molecule has 3 heteroatoms. The van der Waals surface area contributed by atoms with E-state index in [1.54, 1.807) is 4.90 Å². The van der Waals surface area contributed by atoms with Gasteiger partial charge in [0.25, 0.3) is 0 Å². The number of hydrogen-bond acceptors (Lipinski definition) is 2. The molecule has 0 fully saturated rings. The summed E-state index contributed by atoms with van der Waals surface area (Å²) in [7, 11) is 0. The highest BCUT2D eigenvalue weighted by molar-refractivity contribution is 5.78. The number of nitrogens with two attached hydrogens (primary N) is 1. The molecule has 2 N–H and O–H groups in total. The molecule has 1 amide bonds. The zero-order valence-electron chi connectivity index (χ0n) is 7.71. The van der Waals surface area contributed by atoms with Crippen LogP contribution in [0.2, 0.25) is 0 Å². The first kappa shape index (κ1) is 11.0. The maximum Gasteiger partial charge on any atom is 0.227 e. The smallest absolute Gasteiger partial charge is 0.227 e. The van der Waals surface area contributed by atoms with E-state index in [0.29, 0.717) is 19.6 Å². The average Bonchev–Trinajstić information content (AvgIpc) is 2.11. The Balaban J connectivity index is 4.13. The van der Waals surface area contributed by atoms with Crippen LogP contribution >= 0.6 is 0 Å². The molecule has 0 aromatic heterocycles. The predicted molar refractivity (Wildman–Crippen MR) is 49.3 cm³/mol. The number of nitrogens with zero attached hydrogens (tertiary/aromatic N) is 1. The van der Waals surface area contributed by atoms with E-state index >= 15 is 0 Å². The minimum atomic E-state index is -0.127. The Morgan fingerprint density at radius 3 is 2.67 bits per heavy atom. The zero-order valence-corrected chi connectivity index (χ0v) is 7.71. The summed E-state index contributed by atoms with van der Waals surface area (Å²) in [4.78, 5) is 13.1. The van der Waals surface area contributed by atoms with Crippen LogP contribution in [0.15, 0.2) is 0 Å². The van der Waals surface area contributed by atoms with Crippen molar-refractivity contribution < 1.29 is 4.79 Å². The largest absolute Gasteiger partial charge is 0.332 e. The van der Waals surface area contributed by atoms with Crippen LogP contribution in [0.1, 0.15) is 13.8 Å². The van der Waals surface area contributed by atoms with Crippen LogP contribution < -0.4 is 5.73 Å². The van der Waals surface area contributed by atoms with E-state index in [4.69, 9.17) is 12.2 Å². The van der Waals surface area contributed by atoms with Crippen LogP contribution in [-0.2, 0) is 4.79 Å². The zero-order chi connectivity index (χ0) is 9.56. The Hall–Kier alpha value is -1.01. The minimum Gasteiger partial charge on any atom is -0.332 e. The molecule has 0 rings (SSSR count). The highest BCUT2D eigenvalue weighted by Gasteiger charge is 2.16. The number of rotatable bonds is 4. The SMILES string of the molecule is C#CCN(CC)C(=O)C(C)CN. The molecule has 0 aromatic carbocycles. The standard InChI is InChI=1S/C9H16N2O/c1-4-6-11(5-2)9(12)8(3)7-10/h1,8H,5-7,10H2,2-3H3. The third-order valence-corrected chi connectivity index (χ3v) is 1.75. The monoisotopic (exact) mass is 168 g/mol. The minimum absolute atomic E-state index is 0.0398. The quantitative estimate of drug-likeness (QED) is 0.603. The third-order valence-electron chi connectivity index (χ3n) is 1.75. The molecule has 68 valence electrons. The van der Waals surface area contributed by atoms with Gasteiger partial charge in [-0.25, -0.2) is 0 Å². The van der Waals surface area contributed by atoms with Gasteiger partial charge in [-0.3, -0.25) is 4.79 Å². The van der Waals surface area contributed by atoms with Crippen LogP contribution in [0.25, 0.3) is 0 Å². The maximum absolute atomic E-state index is 11.4. The Morgan fingerprint density at radius 1 is 1.75 bits per heavy atom. The Labute approximate surface area is 73.9 Å². The Morgan fingerprint density at radius 2 is 2.33 bits per heavy atom. The summed E-state index contributed by atoms with van der Waals surface area (Å²) in [6.45, 7) is 5.10. The normalized spacial score (nSPS) is 11.8. The summed E-state index contributed by atoms with van der Waals surface area (Å²) in [6.07, 6.45) is 5.11. The molecule has 0 radical (unpaired) electrons. The Kier molecular flexibility index (Phi) is 5.14. The Bertz CT molecular complexity index is 183. The predicted octanol–water partition coefficient (Wildman–Crippen LogP) is 0.0629. The molecule has 0 bridgehead atoms. The first-order valence-electron chi connectivity index (χ1n) is 4.09. The van der Waals surface area contributed by atoms with E-state index in [2.05, 4.69) is 5.92 Å². The lowest BCUT2D eigenvalue weighted by atomic mass is 10.1. The van der Waals surface area contributed by atoms with Crippen LogP contribution in [0.5, 0.6) is 0 Å². The van der Waals surface area contributed by atoms with Gasteiger partial charge in [-0.1, -0.05) is 12.8 Å². The topological polar surface area (TPSA) is 46.3 Å². The van der Waals surface area contributed by atoms with Gasteiger partial charge in [-0.15, -0.1) is 6.42 Å². The van der Waals surface area contributed by atoms with Gasteiger partial charge in [-0.05, 0) is 6.92 Å². The van der Waals surface area contributed by atoms with Crippen molar-refractivity contribution in [3.63, 3.8) is 0 Å². The van der Waals surface area contributed by atoms with Crippen molar-refractivity contribution in [1.82, 2.24) is 4.90 Å². The van der Waals surface area contributed by atoms with Crippen molar-refractivity contribution in [2.45, 2.75) is 13.8 Å². The summed E-state index contributed by atoms with van der Waals surface area (Å²) in [6, 6.07) is 0. The van der Waals surface area contributed by atoms with E-state index in [0.717, 1.165) is 0 Å². The van der Waals surface area contributed by atoms with E-state index in [1.807, 2.05) is 13.8 Å². The average molecular weight is 168 g/mol. The second kappa shape index (κ2) is 5.62. The molecule has 0 heterocycles. The number of terminal acetylenes is 1. The molecule has 0 spiro atoms. The molecule has 0 aliphatic carbocycles. The van der Waals surface area contributed by atoms with Crippen LogP contribution in [0.4, 0.5) is 0 Å². The fourth-order valence-corrected chi connectivity index (χ4v) is 0.868. The lowest BCUT2D eigenvalue weighted by Gasteiger charge is -2.21. The van der Waals surface area contributed by atoms with Gasteiger partial charge in [-0.2, -0.15) is 0 Å². The number of hydrogen-bond donors (Lipinski definition) is 1. The number of amides is 1. The van der Waals surface area contributed by atoms with Crippen molar-refractivity contribution in [2.75, 3.05) is 19.6 Å². The maximum atomic E-state index is 11.4. The summed E-state index contributed by atoms with van der Waals surface area (Å²) >= 11 is 0. The van der Waals surface area contributed by atoms with Crippen molar-refractivity contribution in [3.05, 3.63) is 0 Å². The third kappa shape index (κ3) is 2.93. The summed E-state index contributed by atoms with van der Waals surface area (Å²) < 4.78 is 0. The molecule has 1 unspecified atom stereocenters. The van der Waals surface area contributed by atoms with E-state index in [1.165, 1.54) is 0 Å². The molecule has 0 aromatic rings. The molecule has 0 aliphatic heterocycles. The van der Waals surface area contributed by atoms with Crippen LogP contribution in [-0.4, -0.2) is 30.4 Å². The lowest BCUT2D eigenvalue weighted by molar-refractivity contribution is -0.133. The molecular formula is C9H16N2O. The van der Waals surface area contributed by atoms with Gasteiger partial charge in [0.1, 0.15) is 0 Å². The molecule has 0 saturated heterocycles. The second-order valence-electron chi connectivity index (χ2n) is 2.69. The number of carbonyl (C=O) groups excluding carboxylic acids is 1. The van der Waals surface area contributed by atoms with Crippen molar-refractivity contribution in [3.8, 4) is 12.3 Å². The van der Waals surface area contributed by atoms with E-state index in [9.17, 15) is 4.79 Å². The molecule has 12 heavy (non-hydrogen) atoms. The lowest BCUT2D eigenvalue weighted by Crippen LogP contribution is -2.37. The summed E-state index contributed by atoms with van der Waals surface area (Å²) in [5.74, 6) is 2.36. The molecule has 1 atom stereocenters. The summed E-state index contributed by atoms with van der Waals surface area (Å²) in [5.41, 5.74) is 5.36. The van der Waals surface area contributed by atoms with Crippen molar-refractivity contribution in [2.24, 2.45) is 11.7 Å². The fourth-order valence-electron chi connectivity index (χ4n) is 0.868.